The largest absolute Gasteiger partial charge is 0.382 e. The number of urea groups is 1. The lowest BCUT2D eigenvalue weighted by molar-refractivity contribution is 0.125. The molecule has 0 saturated carbocycles. The van der Waals surface area contributed by atoms with Gasteiger partial charge in [-0.1, -0.05) is 31.5 Å². The first-order valence-corrected chi connectivity index (χ1v) is 11.8. The molecule has 1 aliphatic rings. The maximum Gasteiger partial charge on any atom is 0.317 e. The molecule has 32 heavy (non-hydrogen) atoms. The number of imidazole rings is 1. The topological polar surface area (TPSA) is 98.3 Å². The van der Waals surface area contributed by atoms with Crippen LogP contribution in [0.4, 0.5) is 10.6 Å². The van der Waals surface area contributed by atoms with Crippen LogP contribution in [-0.2, 0) is 17.7 Å². The number of nitrogen functional groups attached to an aromatic ring is 1. The van der Waals surface area contributed by atoms with Crippen molar-refractivity contribution in [3.63, 3.8) is 0 Å². The van der Waals surface area contributed by atoms with E-state index in [1.807, 2.05) is 23.1 Å². The highest BCUT2D eigenvalue weighted by atomic mass is 16.5. The molecule has 4 rings (SSSR count). The second-order valence-electron chi connectivity index (χ2n) is 8.39. The molecule has 0 radical (unpaired) electrons. The van der Waals surface area contributed by atoms with Crippen molar-refractivity contribution in [1.29, 1.82) is 0 Å². The van der Waals surface area contributed by atoms with Crippen LogP contribution in [-0.4, -0.2) is 58.3 Å². The molecule has 0 spiro atoms. The molecule has 2 aromatic heterocycles. The summed E-state index contributed by atoms with van der Waals surface area (Å²) in [6.07, 6.45) is 6.47. The van der Waals surface area contributed by atoms with E-state index >= 15 is 0 Å². The van der Waals surface area contributed by atoms with Gasteiger partial charge in [0.25, 0.3) is 0 Å². The molecule has 0 atom stereocenters. The number of anilines is 1. The van der Waals surface area contributed by atoms with Gasteiger partial charge in [-0.3, -0.25) is 0 Å². The van der Waals surface area contributed by atoms with Gasteiger partial charge in [0, 0.05) is 38.0 Å². The standard InChI is InChI=1S/C24H34N6O2/c1-2-3-11-20-28-21-22(18-9-5-6-10-19(18)27-23(21)25)30(20)15-17-32-16-12-26-24(31)29-13-7-4-8-14-29/h5-6,9-10H,2-4,7-8,11-17H2,1H3,(H2,25,27)(H,26,31). The van der Waals surface area contributed by atoms with Crippen LogP contribution < -0.4 is 11.1 Å². The molecule has 1 aliphatic heterocycles. The second kappa shape index (κ2) is 10.6. The number of nitrogens with zero attached hydrogens (tertiary/aromatic N) is 4. The summed E-state index contributed by atoms with van der Waals surface area (Å²) < 4.78 is 8.10. The number of benzene rings is 1. The Kier molecular flexibility index (Phi) is 7.42. The van der Waals surface area contributed by atoms with Crippen molar-refractivity contribution < 1.29 is 9.53 Å². The van der Waals surface area contributed by atoms with E-state index in [0.29, 0.717) is 32.1 Å². The second-order valence-corrected chi connectivity index (χ2v) is 8.39. The molecule has 0 aliphatic carbocycles. The Labute approximate surface area is 189 Å². The zero-order valence-electron chi connectivity index (χ0n) is 19.0. The molecule has 3 heterocycles. The molecule has 1 saturated heterocycles. The number of nitrogens with two attached hydrogens (primary N) is 1. The van der Waals surface area contributed by atoms with Gasteiger partial charge in [0.2, 0.25) is 0 Å². The Bertz CT molecular complexity index is 1060. The number of hydrogen-bond acceptors (Lipinski definition) is 5. The highest BCUT2D eigenvalue weighted by Crippen LogP contribution is 2.29. The van der Waals surface area contributed by atoms with Crippen LogP contribution in [0.5, 0.6) is 0 Å². The van der Waals surface area contributed by atoms with Crippen molar-refractivity contribution >= 4 is 33.8 Å². The van der Waals surface area contributed by atoms with Gasteiger partial charge in [-0.2, -0.15) is 0 Å². The number of aryl methyl sites for hydroxylation is 1. The van der Waals surface area contributed by atoms with Crippen molar-refractivity contribution in [2.24, 2.45) is 0 Å². The number of unbranched alkanes of at least 4 members (excludes halogenated alkanes) is 1. The number of fused-ring (bicyclic) bond motifs is 3. The highest BCUT2D eigenvalue weighted by molar-refractivity contribution is 6.06. The third kappa shape index (κ3) is 4.96. The van der Waals surface area contributed by atoms with Crippen molar-refractivity contribution in [2.45, 2.75) is 52.0 Å². The van der Waals surface area contributed by atoms with Gasteiger partial charge in [0.05, 0.1) is 24.2 Å². The molecule has 2 amide bonds. The maximum absolute atomic E-state index is 12.2. The minimum Gasteiger partial charge on any atom is -0.382 e. The Morgan fingerprint density at radius 1 is 1.16 bits per heavy atom. The van der Waals surface area contributed by atoms with Crippen LogP contribution in [0.15, 0.2) is 24.3 Å². The predicted octanol–water partition coefficient (Wildman–Crippen LogP) is 3.72. The fourth-order valence-electron chi connectivity index (χ4n) is 4.37. The fourth-order valence-corrected chi connectivity index (χ4v) is 4.37. The van der Waals surface area contributed by atoms with E-state index in [1.54, 1.807) is 0 Å². The lowest BCUT2D eigenvalue weighted by Crippen LogP contribution is -2.43. The molecule has 172 valence electrons. The van der Waals surface area contributed by atoms with Crippen molar-refractivity contribution in [3.05, 3.63) is 30.1 Å². The predicted molar refractivity (Wildman–Crippen MR) is 128 cm³/mol. The fraction of sp³-hybridized carbons (Fsp3) is 0.542. The summed E-state index contributed by atoms with van der Waals surface area (Å²) in [6.45, 7) is 6.12. The number of rotatable bonds is 9. The zero-order chi connectivity index (χ0) is 22.3. The monoisotopic (exact) mass is 438 g/mol. The van der Waals surface area contributed by atoms with Crippen LogP contribution in [0.3, 0.4) is 0 Å². The number of pyridine rings is 1. The van der Waals surface area contributed by atoms with E-state index in [1.165, 1.54) is 6.42 Å². The summed E-state index contributed by atoms with van der Waals surface area (Å²) in [7, 11) is 0. The lowest BCUT2D eigenvalue weighted by atomic mass is 10.1. The van der Waals surface area contributed by atoms with Gasteiger partial charge in [0.15, 0.2) is 5.82 Å². The molecule has 3 aromatic rings. The molecule has 0 bridgehead atoms. The molecule has 0 unspecified atom stereocenters. The van der Waals surface area contributed by atoms with E-state index in [0.717, 1.165) is 73.0 Å². The quantitative estimate of drug-likeness (QED) is 0.496. The number of aromatic nitrogens is 3. The smallest absolute Gasteiger partial charge is 0.317 e. The van der Waals surface area contributed by atoms with Crippen molar-refractivity contribution in [1.82, 2.24) is 24.8 Å². The molecule has 1 aromatic carbocycles. The van der Waals surface area contributed by atoms with E-state index in [9.17, 15) is 4.79 Å². The van der Waals surface area contributed by atoms with E-state index < -0.39 is 0 Å². The lowest BCUT2D eigenvalue weighted by Gasteiger charge is -2.26. The molecule has 1 fully saturated rings. The van der Waals surface area contributed by atoms with Gasteiger partial charge >= 0.3 is 6.03 Å². The highest BCUT2D eigenvalue weighted by Gasteiger charge is 2.17. The minimum absolute atomic E-state index is 0.0187. The third-order valence-corrected chi connectivity index (χ3v) is 6.07. The van der Waals surface area contributed by atoms with Gasteiger partial charge < -0.3 is 25.3 Å². The number of likely N-dealkylation sites (tertiary alicyclic amines) is 1. The first-order valence-electron chi connectivity index (χ1n) is 11.8. The molecule has 8 heteroatoms. The van der Waals surface area contributed by atoms with Gasteiger partial charge in [-0.05, 0) is 31.7 Å². The summed E-state index contributed by atoms with van der Waals surface area (Å²) in [6, 6.07) is 8.06. The van der Waals surface area contributed by atoms with Crippen LogP contribution in [0.1, 0.15) is 44.9 Å². The average molecular weight is 439 g/mol. The van der Waals surface area contributed by atoms with Crippen molar-refractivity contribution in [3.8, 4) is 0 Å². The molecule has 3 N–H and O–H groups in total. The van der Waals surface area contributed by atoms with E-state index in [-0.39, 0.29) is 6.03 Å². The van der Waals surface area contributed by atoms with Gasteiger partial charge in [0.1, 0.15) is 11.3 Å². The number of piperidine rings is 1. The van der Waals surface area contributed by atoms with E-state index in [2.05, 4.69) is 27.9 Å². The number of para-hydroxylation sites is 1. The van der Waals surface area contributed by atoms with Crippen LogP contribution in [0.2, 0.25) is 0 Å². The number of hydrogen-bond donors (Lipinski definition) is 2. The van der Waals surface area contributed by atoms with Crippen LogP contribution >= 0.6 is 0 Å². The summed E-state index contributed by atoms with van der Waals surface area (Å²) in [4.78, 5) is 23.5. The van der Waals surface area contributed by atoms with Crippen LogP contribution in [0, 0.1) is 0 Å². The first-order chi connectivity index (χ1) is 15.7. The summed E-state index contributed by atoms with van der Waals surface area (Å²) in [5, 5.41) is 4.02. The summed E-state index contributed by atoms with van der Waals surface area (Å²) in [5.41, 5.74) is 8.93. The normalized spacial score (nSPS) is 14.3. The Hall–Kier alpha value is -2.87. The zero-order valence-corrected chi connectivity index (χ0v) is 19.0. The average Bonchev–Trinajstić information content (AvgIpc) is 3.19. The van der Waals surface area contributed by atoms with Crippen molar-refractivity contribution in [2.75, 3.05) is 38.6 Å². The maximum atomic E-state index is 12.2. The minimum atomic E-state index is 0.0187. The number of carbonyl (C=O) groups excluding carboxylic acids is 1. The van der Waals surface area contributed by atoms with E-state index in [4.69, 9.17) is 15.5 Å². The molecular formula is C24H34N6O2. The number of ether oxygens (including phenoxy) is 1. The summed E-state index contributed by atoms with van der Waals surface area (Å²) in [5.74, 6) is 1.49. The third-order valence-electron chi connectivity index (χ3n) is 6.07. The number of carbonyl (C=O) groups is 1. The molecular weight excluding hydrogens is 404 g/mol. The van der Waals surface area contributed by atoms with Gasteiger partial charge in [-0.25, -0.2) is 14.8 Å². The first kappa shape index (κ1) is 22.3. The van der Waals surface area contributed by atoms with Crippen LogP contribution in [0.25, 0.3) is 21.9 Å². The Balaban J connectivity index is 1.40. The number of amides is 2. The molecule has 8 nitrogen and oxygen atoms in total. The Morgan fingerprint density at radius 2 is 1.97 bits per heavy atom. The number of nitrogens with one attached hydrogen (secondary N) is 1. The SMILES string of the molecule is CCCCc1nc2c(N)nc3ccccc3c2n1CCOCCNC(=O)N1CCCCC1. The Morgan fingerprint density at radius 3 is 2.78 bits per heavy atom. The van der Waals surface area contributed by atoms with Gasteiger partial charge in [-0.15, -0.1) is 0 Å². The summed E-state index contributed by atoms with van der Waals surface area (Å²) >= 11 is 0.